The molecular formula is C38H34N2O. The predicted molar refractivity (Wildman–Crippen MR) is 166 cm³/mol. The van der Waals surface area contributed by atoms with Crippen LogP contribution in [-0.2, 0) is 29.7 Å². The average Bonchev–Trinajstić information content (AvgIpc) is 3.47. The van der Waals surface area contributed by atoms with Crippen molar-refractivity contribution in [3.63, 3.8) is 0 Å². The number of hydrogen-bond acceptors (Lipinski definition) is 2. The Kier molecular flexibility index (Phi) is 6.96. The third-order valence-corrected chi connectivity index (χ3v) is 8.65. The summed E-state index contributed by atoms with van der Waals surface area (Å²) in [5, 5.41) is 2.54. The monoisotopic (exact) mass is 534 g/mol. The maximum Gasteiger partial charge on any atom is 0.121 e. The second-order valence-electron chi connectivity index (χ2n) is 11.1. The standard InChI is InChI=1S/C38H34N2O/c1-4-16-32(17-5-1)38(33-18-6-2-7-19-33,34-20-8-3-9-21-34)40-28-39-36-25-29(23-24-37(36)40)26-41-27-31-15-12-14-30-13-10-11-22-35(30)31/h1-22,28-29H,23-27H2. The molecule has 0 saturated carbocycles. The van der Waals surface area contributed by atoms with Crippen molar-refractivity contribution in [1.29, 1.82) is 0 Å². The first kappa shape index (κ1) is 25.5. The zero-order valence-electron chi connectivity index (χ0n) is 23.2. The van der Waals surface area contributed by atoms with E-state index in [0.717, 1.165) is 25.9 Å². The van der Waals surface area contributed by atoms with E-state index in [4.69, 9.17) is 9.72 Å². The summed E-state index contributed by atoms with van der Waals surface area (Å²) in [6.07, 6.45) is 5.08. The van der Waals surface area contributed by atoms with Crippen LogP contribution in [0.4, 0.5) is 0 Å². The van der Waals surface area contributed by atoms with Crippen LogP contribution in [0.25, 0.3) is 10.8 Å². The fourth-order valence-corrected chi connectivity index (χ4v) is 6.70. The third-order valence-electron chi connectivity index (χ3n) is 8.65. The van der Waals surface area contributed by atoms with E-state index in [9.17, 15) is 0 Å². The second-order valence-corrected chi connectivity index (χ2v) is 11.1. The van der Waals surface area contributed by atoms with Gasteiger partial charge in [-0.15, -0.1) is 0 Å². The first-order chi connectivity index (χ1) is 20.3. The highest BCUT2D eigenvalue weighted by molar-refractivity contribution is 5.85. The number of aromatic nitrogens is 2. The molecule has 3 nitrogen and oxygen atoms in total. The zero-order valence-corrected chi connectivity index (χ0v) is 23.2. The highest BCUT2D eigenvalue weighted by Crippen LogP contribution is 2.43. The maximum atomic E-state index is 6.33. The van der Waals surface area contributed by atoms with Gasteiger partial charge in [-0.05, 0) is 58.2 Å². The van der Waals surface area contributed by atoms with E-state index < -0.39 is 5.54 Å². The van der Waals surface area contributed by atoms with Gasteiger partial charge in [-0.2, -0.15) is 0 Å². The Hall–Kier alpha value is -4.47. The van der Waals surface area contributed by atoms with Gasteiger partial charge in [-0.25, -0.2) is 4.98 Å². The Morgan fingerprint density at radius 2 is 1.27 bits per heavy atom. The minimum Gasteiger partial charge on any atom is -0.376 e. The summed E-state index contributed by atoms with van der Waals surface area (Å²) in [5.74, 6) is 0.459. The normalized spacial score (nSPS) is 15.1. The van der Waals surface area contributed by atoms with Crippen molar-refractivity contribution in [2.24, 2.45) is 5.92 Å². The highest BCUT2D eigenvalue weighted by Gasteiger charge is 2.41. The molecule has 0 saturated heterocycles. The lowest BCUT2D eigenvalue weighted by molar-refractivity contribution is 0.0823. The van der Waals surface area contributed by atoms with Crippen LogP contribution in [0.2, 0.25) is 0 Å². The lowest BCUT2D eigenvalue weighted by Crippen LogP contribution is -2.39. The Morgan fingerprint density at radius 3 is 1.93 bits per heavy atom. The van der Waals surface area contributed by atoms with Gasteiger partial charge in [-0.1, -0.05) is 133 Å². The van der Waals surface area contributed by atoms with Gasteiger partial charge < -0.3 is 9.30 Å². The lowest BCUT2D eigenvalue weighted by atomic mass is 9.76. The zero-order chi connectivity index (χ0) is 27.5. The molecule has 41 heavy (non-hydrogen) atoms. The van der Waals surface area contributed by atoms with Gasteiger partial charge in [0.2, 0.25) is 0 Å². The number of fused-ring (bicyclic) bond motifs is 2. The van der Waals surface area contributed by atoms with Crippen LogP contribution in [0.15, 0.2) is 140 Å². The molecule has 0 spiro atoms. The minimum absolute atomic E-state index is 0.459. The molecule has 3 heteroatoms. The number of hydrogen-bond donors (Lipinski definition) is 0. The van der Waals surface area contributed by atoms with E-state index >= 15 is 0 Å². The lowest BCUT2D eigenvalue weighted by Gasteiger charge is -2.39. The second kappa shape index (κ2) is 11.2. The molecule has 1 heterocycles. The topological polar surface area (TPSA) is 27.1 Å². The largest absolute Gasteiger partial charge is 0.376 e. The molecule has 1 aromatic heterocycles. The summed E-state index contributed by atoms with van der Waals surface area (Å²) in [4.78, 5) is 5.06. The fraction of sp³-hybridized carbons (Fsp3) is 0.184. The molecule has 5 aromatic carbocycles. The predicted octanol–water partition coefficient (Wildman–Crippen LogP) is 8.20. The van der Waals surface area contributed by atoms with E-state index in [1.807, 2.05) is 0 Å². The molecule has 0 bridgehead atoms. The van der Waals surface area contributed by atoms with Crippen LogP contribution in [-0.4, -0.2) is 16.2 Å². The molecular weight excluding hydrogens is 500 g/mol. The quantitative estimate of drug-likeness (QED) is 0.184. The number of nitrogens with zero attached hydrogens (tertiary/aromatic N) is 2. The van der Waals surface area contributed by atoms with Gasteiger partial charge in [0.05, 0.1) is 25.2 Å². The molecule has 202 valence electrons. The molecule has 1 aliphatic rings. The summed E-state index contributed by atoms with van der Waals surface area (Å²) in [6, 6.07) is 47.6. The molecule has 1 unspecified atom stereocenters. The van der Waals surface area contributed by atoms with Gasteiger partial charge in [0, 0.05) is 5.69 Å². The number of imidazole rings is 1. The molecule has 0 N–H and O–H groups in total. The fourth-order valence-electron chi connectivity index (χ4n) is 6.70. The molecule has 0 aliphatic heterocycles. The van der Waals surface area contributed by atoms with Crippen molar-refractivity contribution < 1.29 is 4.74 Å². The maximum absolute atomic E-state index is 6.33. The Balaban J connectivity index is 1.20. The van der Waals surface area contributed by atoms with Crippen LogP contribution in [0, 0.1) is 5.92 Å². The van der Waals surface area contributed by atoms with Gasteiger partial charge >= 0.3 is 0 Å². The van der Waals surface area contributed by atoms with Gasteiger partial charge in [-0.3, -0.25) is 0 Å². The summed E-state index contributed by atoms with van der Waals surface area (Å²) in [7, 11) is 0. The van der Waals surface area contributed by atoms with E-state index in [2.05, 4.69) is 144 Å². The van der Waals surface area contributed by atoms with Crippen molar-refractivity contribution in [1.82, 2.24) is 9.55 Å². The molecule has 1 atom stereocenters. The summed E-state index contributed by atoms with van der Waals surface area (Å²) in [5.41, 5.74) is 6.97. The SMILES string of the molecule is c1ccc(C(c2ccccc2)(c2ccccc2)n2cnc3c2CCC(COCc2cccc4ccccc24)C3)cc1. The third kappa shape index (κ3) is 4.67. The summed E-state index contributed by atoms with van der Waals surface area (Å²) >= 11 is 0. The minimum atomic E-state index is -0.512. The van der Waals surface area contributed by atoms with Crippen LogP contribution in [0.5, 0.6) is 0 Å². The number of ether oxygens (including phenoxy) is 1. The summed E-state index contributed by atoms with van der Waals surface area (Å²) in [6.45, 7) is 1.38. The molecule has 0 amide bonds. The van der Waals surface area contributed by atoms with Crippen LogP contribution >= 0.6 is 0 Å². The summed E-state index contributed by atoms with van der Waals surface area (Å²) < 4.78 is 8.78. The first-order valence-corrected chi connectivity index (χ1v) is 14.6. The first-order valence-electron chi connectivity index (χ1n) is 14.6. The Labute approximate surface area is 242 Å². The van der Waals surface area contributed by atoms with Gasteiger partial charge in [0.1, 0.15) is 5.54 Å². The molecule has 0 radical (unpaired) electrons. The molecule has 7 rings (SSSR count). The Bertz CT molecular complexity index is 1640. The van der Waals surface area contributed by atoms with Crippen molar-refractivity contribution >= 4 is 10.8 Å². The average molecular weight is 535 g/mol. The molecule has 6 aromatic rings. The van der Waals surface area contributed by atoms with Crippen molar-refractivity contribution in [3.8, 4) is 0 Å². The molecule has 0 fully saturated rings. The van der Waals surface area contributed by atoms with E-state index in [1.165, 1.54) is 44.4 Å². The smallest absolute Gasteiger partial charge is 0.121 e. The van der Waals surface area contributed by atoms with Crippen molar-refractivity contribution in [2.45, 2.75) is 31.4 Å². The van der Waals surface area contributed by atoms with Crippen molar-refractivity contribution in [2.75, 3.05) is 6.61 Å². The van der Waals surface area contributed by atoms with Gasteiger partial charge in [0.25, 0.3) is 0 Å². The Morgan fingerprint density at radius 1 is 0.683 bits per heavy atom. The van der Waals surface area contributed by atoms with E-state index in [0.29, 0.717) is 12.5 Å². The highest BCUT2D eigenvalue weighted by atomic mass is 16.5. The van der Waals surface area contributed by atoms with Crippen LogP contribution < -0.4 is 0 Å². The molecule has 1 aliphatic carbocycles. The van der Waals surface area contributed by atoms with E-state index in [-0.39, 0.29) is 0 Å². The van der Waals surface area contributed by atoms with Crippen LogP contribution in [0.3, 0.4) is 0 Å². The van der Waals surface area contributed by atoms with Gasteiger partial charge in [0.15, 0.2) is 0 Å². The van der Waals surface area contributed by atoms with E-state index in [1.54, 1.807) is 0 Å². The number of benzene rings is 5. The van der Waals surface area contributed by atoms with Crippen LogP contribution in [0.1, 0.15) is 40.1 Å². The number of rotatable bonds is 8. The van der Waals surface area contributed by atoms with Crippen molar-refractivity contribution in [3.05, 3.63) is 173 Å².